The maximum Gasteiger partial charge on any atom is 0.123 e. The molecule has 16 heavy (non-hydrogen) atoms. The number of hydrogen-bond acceptors (Lipinski definition) is 3. The molecule has 0 unspecified atom stereocenters. The van der Waals surface area contributed by atoms with E-state index in [9.17, 15) is 5.11 Å². The molecule has 1 rings (SSSR count). The maximum atomic E-state index is 10.8. The predicted octanol–water partition coefficient (Wildman–Crippen LogP) is 4.19. The second-order valence-corrected chi connectivity index (χ2v) is 6.81. The lowest BCUT2D eigenvalue weighted by Gasteiger charge is -2.30. The van der Waals surface area contributed by atoms with Crippen LogP contribution in [0, 0.1) is 11.8 Å². The minimum atomic E-state index is -0.734. The van der Waals surface area contributed by atoms with Gasteiger partial charge in [0, 0.05) is 0 Å². The van der Waals surface area contributed by atoms with E-state index in [1.54, 1.807) is 5.51 Å². The highest BCUT2D eigenvalue weighted by molar-refractivity contribution is 9.10. The van der Waals surface area contributed by atoms with Crippen LogP contribution in [0.1, 0.15) is 45.4 Å². The van der Waals surface area contributed by atoms with Crippen molar-refractivity contribution in [3.05, 3.63) is 15.0 Å². The Morgan fingerprint density at radius 2 is 1.81 bits per heavy atom. The average molecular weight is 306 g/mol. The van der Waals surface area contributed by atoms with Gasteiger partial charge in [0.05, 0.1) is 10.4 Å². The Kier molecular flexibility index (Phi) is 4.95. The van der Waals surface area contributed by atoms with Gasteiger partial charge in [0.25, 0.3) is 0 Å². The quantitative estimate of drug-likeness (QED) is 0.885. The summed E-state index contributed by atoms with van der Waals surface area (Å²) in [5.74, 6) is 0.940. The van der Waals surface area contributed by atoms with Crippen molar-refractivity contribution < 1.29 is 5.11 Å². The number of aliphatic hydroxyl groups is 1. The average Bonchev–Trinajstić information content (AvgIpc) is 2.48. The molecule has 0 aliphatic rings. The van der Waals surface area contributed by atoms with Gasteiger partial charge < -0.3 is 5.11 Å². The van der Waals surface area contributed by atoms with Crippen LogP contribution in [0.2, 0.25) is 0 Å². The summed E-state index contributed by atoms with van der Waals surface area (Å²) in [6, 6.07) is 0. The zero-order valence-electron chi connectivity index (χ0n) is 10.3. The van der Waals surface area contributed by atoms with Gasteiger partial charge in [-0.3, -0.25) is 0 Å². The molecule has 0 spiro atoms. The standard InChI is InChI=1S/C12H20BrNOS/c1-8(2)5-12(15,6-9(3)4)10-11(13)14-7-16-10/h7-9,15H,5-6H2,1-4H3. The molecule has 1 aromatic heterocycles. The lowest BCUT2D eigenvalue weighted by atomic mass is 9.84. The van der Waals surface area contributed by atoms with E-state index in [1.807, 2.05) is 0 Å². The highest BCUT2D eigenvalue weighted by atomic mass is 79.9. The molecular formula is C12H20BrNOS. The van der Waals surface area contributed by atoms with Crippen LogP contribution in [0.25, 0.3) is 0 Å². The van der Waals surface area contributed by atoms with Gasteiger partial charge in [-0.05, 0) is 40.6 Å². The second kappa shape index (κ2) is 5.61. The Hall–Kier alpha value is 0.0700. The topological polar surface area (TPSA) is 33.1 Å². The number of halogens is 1. The van der Waals surface area contributed by atoms with E-state index in [2.05, 4.69) is 48.6 Å². The summed E-state index contributed by atoms with van der Waals surface area (Å²) in [4.78, 5) is 5.14. The summed E-state index contributed by atoms with van der Waals surface area (Å²) < 4.78 is 0.793. The third-order valence-electron chi connectivity index (χ3n) is 2.44. The van der Waals surface area contributed by atoms with Crippen LogP contribution >= 0.6 is 27.3 Å². The van der Waals surface area contributed by atoms with E-state index in [0.29, 0.717) is 11.8 Å². The molecule has 92 valence electrons. The van der Waals surface area contributed by atoms with E-state index in [1.165, 1.54) is 11.3 Å². The van der Waals surface area contributed by atoms with Gasteiger partial charge in [-0.25, -0.2) is 4.98 Å². The summed E-state index contributed by atoms with van der Waals surface area (Å²) in [5, 5.41) is 10.8. The lowest BCUT2D eigenvalue weighted by Crippen LogP contribution is -2.29. The first-order valence-corrected chi connectivity index (χ1v) is 7.34. The molecule has 0 atom stereocenters. The SMILES string of the molecule is CC(C)CC(O)(CC(C)C)c1scnc1Br. The Morgan fingerprint density at radius 1 is 1.31 bits per heavy atom. The zero-order valence-corrected chi connectivity index (χ0v) is 12.7. The van der Waals surface area contributed by atoms with Crippen LogP contribution in [0.4, 0.5) is 0 Å². The minimum absolute atomic E-state index is 0.470. The van der Waals surface area contributed by atoms with E-state index in [4.69, 9.17) is 0 Å². The van der Waals surface area contributed by atoms with Crippen molar-refractivity contribution >= 4 is 27.3 Å². The fourth-order valence-electron chi connectivity index (χ4n) is 2.15. The van der Waals surface area contributed by atoms with Crippen molar-refractivity contribution in [2.24, 2.45) is 11.8 Å². The fraction of sp³-hybridized carbons (Fsp3) is 0.750. The highest BCUT2D eigenvalue weighted by Gasteiger charge is 2.34. The molecule has 0 amide bonds. The van der Waals surface area contributed by atoms with Gasteiger partial charge in [0.2, 0.25) is 0 Å². The van der Waals surface area contributed by atoms with E-state index in [0.717, 1.165) is 22.3 Å². The molecule has 0 aromatic carbocycles. The van der Waals surface area contributed by atoms with Gasteiger partial charge in [0.15, 0.2) is 0 Å². The van der Waals surface area contributed by atoms with Gasteiger partial charge in [-0.15, -0.1) is 11.3 Å². The summed E-state index contributed by atoms with van der Waals surface area (Å²) >= 11 is 4.95. The van der Waals surface area contributed by atoms with Crippen molar-refractivity contribution in [1.29, 1.82) is 0 Å². The van der Waals surface area contributed by atoms with Crippen LogP contribution in [-0.4, -0.2) is 10.1 Å². The second-order valence-electron chi connectivity index (χ2n) is 5.20. The summed E-state index contributed by atoms with van der Waals surface area (Å²) in [5.41, 5.74) is 1.05. The van der Waals surface area contributed by atoms with Crippen molar-refractivity contribution in [3.63, 3.8) is 0 Å². The number of nitrogens with zero attached hydrogens (tertiary/aromatic N) is 1. The lowest BCUT2D eigenvalue weighted by molar-refractivity contribution is -0.00189. The molecule has 1 aromatic rings. The fourth-order valence-corrected chi connectivity index (χ4v) is 3.84. The Labute approximate surface area is 110 Å². The molecule has 0 saturated heterocycles. The highest BCUT2D eigenvalue weighted by Crippen LogP contribution is 2.40. The zero-order chi connectivity index (χ0) is 12.3. The monoisotopic (exact) mass is 305 g/mol. The van der Waals surface area contributed by atoms with Gasteiger partial charge in [0.1, 0.15) is 10.2 Å². The molecule has 0 bridgehead atoms. The first kappa shape index (κ1) is 14.1. The molecule has 0 aliphatic carbocycles. The first-order chi connectivity index (χ1) is 7.35. The summed E-state index contributed by atoms with van der Waals surface area (Å²) in [7, 11) is 0. The van der Waals surface area contributed by atoms with Crippen molar-refractivity contribution in [1.82, 2.24) is 4.98 Å². The molecule has 0 radical (unpaired) electrons. The normalized spacial score (nSPS) is 12.8. The van der Waals surface area contributed by atoms with E-state index in [-0.39, 0.29) is 0 Å². The third-order valence-corrected chi connectivity index (χ3v) is 4.32. The Balaban J connectivity index is 2.99. The largest absolute Gasteiger partial charge is 0.384 e. The molecule has 0 saturated carbocycles. The molecule has 2 nitrogen and oxygen atoms in total. The van der Waals surface area contributed by atoms with Gasteiger partial charge in [-0.1, -0.05) is 27.7 Å². The Morgan fingerprint density at radius 3 is 2.12 bits per heavy atom. The molecule has 0 aliphatic heterocycles. The van der Waals surface area contributed by atoms with E-state index < -0.39 is 5.60 Å². The summed E-state index contributed by atoms with van der Waals surface area (Å²) in [6.45, 7) is 8.56. The maximum absolute atomic E-state index is 10.8. The van der Waals surface area contributed by atoms with Gasteiger partial charge in [-0.2, -0.15) is 0 Å². The number of aromatic nitrogens is 1. The molecule has 1 N–H and O–H groups in total. The number of thiazole rings is 1. The van der Waals surface area contributed by atoms with Crippen LogP contribution in [0.3, 0.4) is 0 Å². The number of rotatable bonds is 5. The summed E-state index contributed by atoms with van der Waals surface area (Å²) in [6.07, 6.45) is 1.57. The van der Waals surface area contributed by atoms with Crippen LogP contribution in [-0.2, 0) is 5.60 Å². The molecule has 4 heteroatoms. The van der Waals surface area contributed by atoms with Crippen molar-refractivity contribution in [2.75, 3.05) is 0 Å². The first-order valence-electron chi connectivity index (χ1n) is 5.67. The molecule has 0 fully saturated rings. The smallest absolute Gasteiger partial charge is 0.123 e. The van der Waals surface area contributed by atoms with Crippen LogP contribution in [0.15, 0.2) is 10.1 Å². The van der Waals surface area contributed by atoms with E-state index >= 15 is 0 Å². The predicted molar refractivity (Wildman–Crippen MR) is 72.6 cm³/mol. The number of hydrogen-bond donors (Lipinski definition) is 1. The Bertz CT molecular complexity index is 326. The van der Waals surface area contributed by atoms with Crippen molar-refractivity contribution in [3.8, 4) is 0 Å². The van der Waals surface area contributed by atoms with Crippen LogP contribution < -0.4 is 0 Å². The van der Waals surface area contributed by atoms with Crippen LogP contribution in [0.5, 0.6) is 0 Å². The third kappa shape index (κ3) is 3.54. The van der Waals surface area contributed by atoms with Gasteiger partial charge >= 0.3 is 0 Å². The molecular weight excluding hydrogens is 286 g/mol. The molecule has 1 heterocycles. The van der Waals surface area contributed by atoms with Crippen molar-refractivity contribution in [2.45, 2.75) is 46.1 Å². The minimum Gasteiger partial charge on any atom is -0.384 e.